The molecule has 1 amide bonds. The largest absolute Gasteiger partial charge is 0.446 e. The van der Waals surface area contributed by atoms with Gasteiger partial charge >= 0.3 is 0 Å². The summed E-state index contributed by atoms with van der Waals surface area (Å²) in [6.45, 7) is 2.95. The third kappa shape index (κ3) is 1.51. The summed E-state index contributed by atoms with van der Waals surface area (Å²) in [7, 11) is 0. The van der Waals surface area contributed by atoms with E-state index in [4.69, 9.17) is 16.0 Å². The van der Waals surface area contributed by atoms with E-state index in [-0.39, 0.29) is 12.1 Å². The van der Waals surface area contributed by atoms with Crippen molar-refractivity contribution < 1.29 is 9.21 Å². The van der Waals surface area contributed by atoms with Gasteiger partial charge in [-0.1, -0.05) is 0 Å². The number of amides is 1. The molecule has 14 heavy (non-hydrogen) atoms. The normalized spacial score (nSPS) is 22.0. The molecule has 1 N–H and O–H groups in total. The van der Waals surface area contributed by atoms with Gasteiger partial charge in [0, 0.05) is 6.54 Å². The van der Waals surface area contributed by atoms with Gasteiger partial charge < -0.3 is 9.32 Å². The molecule has 1 saturated heterocycles. The smallest absolute Gasteiger partial charge is 0.238 e. The second-order valence-corrected chi connectivity index (χ2v) is 3.48. The van der Waals surface area contributed by atoms with Gasteiger partial charge in [-0.05, 0) is 30.7 Å². The number of carbonyl (C=O) groups excluding carboxylic acids is 1. The van der Waals surface area contributed by atoms with Crippen LogP contribution in [0.25, 0.3) is 0 Å². The number of nitrogens with zero attached hydrogens (tertiary/aromatic N) is 1. The minimum absolute atomic E-state index is 0.0880. The van der Waals surface area contributed by atoms with E-state index in [1.165, 1.54) is 0 Å². The minimum atomic E-state index is -0.167. The van der Waals surface area contributed by atoms with Crippen molar-refractivity contribution >= 4 is 17.5 Å². The molecule has 0 saturated carbocycles. The van der Waals surface area contributed by atoms with Crippen LogP contribution in [-0.2, 0) is 4.79 Å². The number of hydrogen-bond acceptors (Lipinski definition) is 3. The Bertz CT molecular complexity index is 350. The second kappa shape index (κ2) is 3.63. The summed E-state index contributed by atoms with van der Waals surface area (Å²) in [6, 6.07) is 3.45. The number of carbonyl (C=O) groups is 1. The molecule has 1 aromatic heterocycles. The first kappa shape index (κ1) is 9.55. The molecule has 1 atom stereocenters. The molecule has 1 aliphatic rings. The average molecular weight is 215 g/mol. The molecule has 2 heterocycles. The van der Waals surface area contributed by atoms with Gasteiger partial charge in [-0.2, -0.15) is 0 Å². The van der Waals surface area contributed by atoms with E-state index in [2.05, 4.69) is 5.32 Å². The third-order valence-corrected chi connectivity index (χ3v) is 2.49. The predicted molar refractivity (Wildman–Crippen MR) is 51.8 cm³/mol. The zero-order chi connectivity index (χ0) is 10.1. The number of nitrogens with one attached hydrogen (secondary N) is 1. The van der Waals surface area contributed by atoms with E-state index < -0.39 is 0 Å². The van der Waals surface area contributed by atoms with Crippen molar-refractivity contribution in [3.63, 3.8) is 0 Å². The molecule has 1 aliphatic heterocycles. The lowest BCUT2D eigenvalue weighted by atomic mass is 10.3. The molecule has 1 fully saturated rings. The zero-order valence-corrected chi connectivity index (χ0v) is 8.54. The molecule has 0 radical (unpaired) electrons. The van der Waals surface area contributed by atoms with Crippen molar-refractivity contribution in [3.8, 4) is 0 Å². The van der Waals surface area contributed by atoms with Crippen LogP contribution >= 0.6 is 11.6 Å². The van der Waals surface area contributed by atoms with Gasteiger partial charge in [-0.15, -0.1) is 0 Å². The Balaban J connectivity index is 2.22. The fraction of sp³-hybridized carbons (Fsp3) is 0.444. The highest BCUT2D eigenvalue weighted by Crippen LogP contribution is 2.25. The molecule has 76 valence electrons. The lowest BCUT2D eigenvalue weighted by molar-refractivity contribution is -0.128. The lowest BCUT2D eigenvalue weighted by Gasteiger charge is -2.20. The topological polar surface area (TPSA) is 45.5 Å². The Hall–Kier alpha value is -1.00. The number of hydrogen-bond donors (Lipinski definition) is 1. The average Bonchev–Trinajstić information content (AvgIpc) is 2.71. The molecule has 0 spiro atoms. The van der Waals surface area contributed by atoms with Gasteiger partial charge in [0.1, 0.15) is 11.9 Å². The van der Waals surface area contributed by atoms with Gasteiger partial charge in [0.25, 0.3) is 0 Å². The van der Waals surface area contributed by atoms with Crippen molar-refractivity contribution in [1.29, 1.82) is 0 Å². The Morgan fingerprint density at radius 3 is 3.07 bits per heavy atom. The summed E-state index contributed by atoms with van der Waals surface area (Å²) in [5.74, 6) is 0.771. The maximum absolute atomic E-state index is 11.4. The fourth-order valence-corrected chi connectivity index (χ4v) is 1.78. The molecule has 0 aliphatic carbocycles. The summed E-state index contributed by atoms with van der Waals surface area (Å²) in [6.07, 6.45) is -0.167. The first-order chi connectivity index (χ1) is 6.72. The Morgan fingerprint density at radius 1 is 1.71 bits per heavy atom. The third-order valence-electron chi connectivity index (χ3n) is 2.28. The number of rotatable bonds is 2. The van der Waals surface area contributed by atoms with Crippen molar-refractivity contribution in [3.05, 3.63) is 23.1 Å². The van der Waals surface area contributed by atoms with Crippen LogP contribution in [-0.4, -0.2) is 23.9 Å². The molecule has 1 aromatic rings. The van der Waals surface area contributed by atoms with E-state index in [9.17, 15) is 4.79 Å². The highest BCUT2D eigenvalue weighted by atomic mass is 35.5. The zero-order valence-electron chi connectivity index (χ0n) is 7.79. The van der Waals surface area contributed by atoms with Gasteiger partial charge in [0.2, 0.25) is 5.91 Å². The van der Waals surface area contributed by atoms with E-state index >= 15 is 0 Å². The van der Waals surface area contributed by atoms with Crippen LogP contribution in [0.4, 0.5) is 0 Å². The van der Waals surface area contributed by atoms with Crippen LogP contribution in [0.1, 0.15) is 18.8 Å². The fourth-order valence-electron chi connectivity index (χ4n) is 1.63. The highest BCUT2D eigenvalue weighted by molar-refractivity contribution is 6.28. The minimum Gasteiger partial charge on any atom is -0.446 e. The maximum atomic E-state index is 11.4. The second-order valence-electron chi connectivity index (χ2n) is 3.11. The van der Waals surface area contributed by atoms with Crippen molar-refractivity contribution in [2.45, 2.75) is 13.1 Å². The van der Waals surface area contributed by atoms with Crippen LogP contribution in [0, 0.1) is 0 Å². The van der Waals surface area contributed by atoms with Gasteiger partial charge in [0.15, 0.2) is 5.22 Å². The van der Waals surface area contributed by atoms with Crippen LogP contribution in [0.5, 0.6) is 0 Å². The van der Waals surface area contributed by atoms with Crippen LogP contribution in [0.3, 0.4) is 0 Å². The molecule has 0 bridgehead atoms. The first-order valence-electron chi connectivity index (χ1n) is 4.50. The van der Waals surface area contributed by atoms with Crippen LogP contribution in [0.2, 0.25) is 5.22 Å². The molecule has 2 rings (SSSR count). The maximum Gasteiger partial charge on any atom is 0.238 e. The van der Waals surface area contributed by atoms with E-state index in [0.717, 1.165) is 0 Å². The summed E-state index contributed by atoms with van der Waals surface area (Å²) in [5, 5.41) is 3.41. The van der Waals surface area contributed by atoms with Crippen molar-refractivity contribution in [2.24, 2.45) is 0 Å². The number of furan rings is 1. The molecule has 0 aromatic carbocycles. The molecule has 5 heteroatoms. The molecular formula is C9H11ClN2O2. The van der Waals surface area contributed by atoms with Crippen LogP contribution < -0.4 is 5.32 Å². The SMILES string of the molecule is CCN1C(=O)CNC1c1ccc(Cl)o1. The lowest BCUT2D eigenvalue weighted by Crippen LogP contribution is -2.29. The summed E-state index contributed by atoms with van der Waals surface area (Å²) in [4.78, 5) is 13.1. The Labute approximate surface area is 86.8 Å². The standard InChI is InChI=1S/C9H11ClN2O2/c1-2-12-8(13)5-11-9(12)6-3-4-7(10)14-6/h3-4,9,11H,2,5H2,1H3. The molecule has 4 nitrogen and oxygen atoms in total. The Kier molecular flexibility index (Phi) is 2.48. The van der Waals surface area contributed by atoms with E-state index in [0.29, 0.717) is 24.1 Å². The predicted octanol–water partition coefficient (Wildman–Crippen LogP) is 1.38. The monoisotopic (exact) mass is 214 g/mol. The van der Waals surface area contributed by atoms with Crippen molar-refractivity contribution in [1.82, 2.24) is 10.2 Å². The highest BCUT2D eigenvalue weighted by Gasteiger charge is 2.32. The van der Waals surface area contributed by atoms with Crippen LogP contribution in [0.15, 0.2) is 16.5 Å². The molecule has 1 unspecified atom stereocenters. The quantitative estimate of drug-likeness (QED) is 0.809. The van der Waals surface area contributed by atoms with Gasteiger partial charge in [-0.3, -0.25) is 10.1 Å². The van der Waals surface area contributed by atoms with Gasteiger partial charge in [0.05, 0.1) is 6.54 Å². The van der Waals surface area contributed by atoms with E-state index in [1.54, 1.807) is 17.0 Å². The first-order valence-corrected chi connectivity index (χ1v) is 4.88. The number of likely N-dealkylation sites (N-methyl/N-ethyl adjacent to an activating group) is 1. The van der Waals surface area contributed by atoms with E-state index in [1.807, 2.05) is 6.92 Å². The van der Waals surface area contributed by atoms with Crippen molar-refractivity contribution in [2.75, 3.05) is 13.1 Å². The van der Waals surface area contributed by atoms with Gasteiger partial charge in [-0.25, -0.2) is 0 Å². The summed E-state index contributed by atoms with van der Waals surface area (Å²) in [5.41, 5.74) is 0. The number of halogens is 1. The summed E-state index contributed by atoms with van der Waals surface area (Å²) >= 11 is 5.67. The molecular weight excluding hydrogens is 204 g/mol. The Morgan fingerprint density at radius 2 is 2.50 bits per heavy atom. The summed E-state index contributed by atoms with van der Waals surface area (Å²) < 4.78 is 5.26.